The zero-order chi connectivity index (χ0) is 30.6. The molecule has 3 amide bonds. The maximum atomic E-state index is 13.6. The number of nitrogens with zero attached hydrogens (tertiary/aromatic N) is 4. The molecule has 0 saturated carbocycles. The Balaban J connectivity index is 1.27. The number of amides is 3. The van der Waals surface area contributed by atoms with Gasteiger partial charge in [0.25, 0.3) is 0 Å². The monoisotopic (exact) mass is 603 g/mol. The number of nitrogens with one attached hydrogen (secondary N) is 3. The second-order valence-electron chi connectivity index (χ2n) is 11.4. The number of ether oxygens (including phenoxy) is 2. The highest BCUT2D eigenvalue weighted by Crippen LogP contribution is 2.27. The van der Waals surface area contributed by atoms with Crippen LogP contribution in [0.4, 0.5) is 0 Å². The third-order valence-corrected chi connectivity index (χ3v) is 7.95. The molecule has 44 heavy (non-hydrogen) atoms. The van der Waals surface area contributed by atoms with Gasteiger partial charge in [0.15, 0.2) is 0 Å². The summed E-state index contributed by atoms with van der Waals surface area (Å²) in [6.07, 6.45) is 3.19. The molecule has 5 rings (SSSR count). The fourth-order valence-electron chi connectivity index (χ4n) is 5.66. The topological polar surface area (TPSA) is 140 Å². The fraction of sp³-hybridized carbons (Fsp3) is 0.469. The average Bonchev–Trinajstić information content (AvgIpc) is 3.46. The van der Waals surface area contributed by atoms with Crippen LogP contribution in [0.5, 0.6) is 0 Å². The second kappa shape index (κ2) is 15.6. The smallest absolute Gasteiger partial charge is 0.246 e. The predicted octanol–water partition coefficient (Wildman–Crippen LogP) is 1.06. The van der Waals surface area contributed by atoms with Gasteiger partial charge < -0.3 is 25.4 Å². The molecule has 1 atom stereocenters. The first kappa shape index (κ1) is 31.3. The molecular formula is C32H41N7O5. The lowest BCUT2D eigenvalue weighted by Gasteiger charge is -2.42. The number of likely N-dealkylation sites (tertiary alicyclic amines) is 1. The molecule has 2 aromatic carbocycles. The molecule has 2 saturated heterocycles. The van der Waals surface area contributed by atoms with Gasteiger partial charge in [0.1, 0.15) is 12.6 Å². The molecule has 3 heterocycles. The van der Waals surface area contributed by atoms with Crippen molar-refractivity contribution in [2.24, 2.45) is 0 Å². The first-order chi connectivity index (χ1) is 21.5. The van der Waals surface area contributed by atoms with Crippen LogP contribution in [-0.2, 0) is 43.4 Å². The molecular weight excluding hydrogens is 562 g/mol. The fourth-order valence-corrected chi connectivity index (χ4v) is 5.66. The van der Waals surface area contributed by atoms with Crippen molar-refractivity contribution in [3.63, 3.8) is 0 Å². The predicted molar refractivity (Wildman–Crippen MR) is 162 cm³/mol. The van der Waals surface area contributed by atoms with Crippen molar-refractivity contribution in [3.8, 4) is 0 Å². The highest BCUT2D eigenvalue weighted by molar-refractivity contribution is 5.88. The minimum Gasteiger partial charge on any atom is -0.377 e. The Hall–Kier alpha value is -4.13. The zero-order valence-corrected chi connectivity index (χ0v) is 25.0. The van der Waals surface area contributed by atoms with Gasteiger partial charge in [0.05, 0.1) is 37.6 Å². The molecule has 2 aliphatic heterocycles. The Bertz CT molecular complexity index is 1360. The van der Waals surface area contributed by atoms with E-state index in [0.29, 0.717) is 44.8 Å². The summed E-state index contributed by atoms with van der Waals surface area (Å²) in [6.45, 7) is 3.75. The van der Waals surface area contributed by atoms with Crippen LogP contribution in [0.2, 0.25) is 0 Å². The van der Waals surface area contributed by atoms with E-state index in [1.165, 1.54) is 5.56 Å². The third kappa shape index (κ3) is 9.43. The maximum Gasteiger partial charge on any atom is 0.246 e. The summed E-state index contributed by atoms with van der Waals surface area (Å²) >= 11 is 0. The molecule has 3 aromatic rings. The van der Waals surface area contributed by atoms with E-state index < -0.39 is 11.6 Å². The molecule has 12 nitrogen and oxygen atoms in total. The molecule has 12 heteroatoms. The first-order valence-electron chi connectivity index (χ1n) is 15.2. The summed E-state index contributed by atoms with van der Waals surface area (Å²) in [5.41, 5.74) is 2.12. The maximum absolute atomic E-state index is 13.6. The van der Waals surface area contributed by atoms with E-state index in [9.17, 15) is 14.4 Å². The minimum absolute atomic E-state index is 0.0471. The van der Waals surface area contributed by atoms with E-state index in [0.717, 1.165) is 12.1 Å². The Labute approximate surface area is 257 Å². The average molecular weight is 604 g/mol. The van der Waals surface area contributed by atoms with E-state index in [1.54, 1.807) is 10.9 Å². The van der Waals surface area contributed by atoms with Gasteiger partial charge in [-0.1, -0.05) is 65.9 Å². The molecule has 0 unspecified atom stereocenters. The van der Waals surface area contributed by atoms with Gasteiger partial charge in [-0.2, -0.15) is 0 Å². The van der Waals surface area contributed by atoms with E-state index in [-0.39, 0.29) is 56.9 Å². The molecule has 0 aliphatic carbocycles. The molecule has 0 radical (unpaired) electrons. The Morgan fingerprint density at radius 2 is 1.52 bits per heavy atom. The molecule has 234 valence electrons. The lowest BCUT2D eigenvalue weighted by Crippen LogP contribution is -2.59. The van der Waals surface area contributed by atoms with Gasteiger partial charge in [-0.05, 0) is 24.0 Å². The van der Waals surface area contributed by atoms with Gasteiger partial charge >= 0.3 is 0 Å². The van der Waals surface area contributed by atoms with Crippen LogP contribution in [0.1, 0.15) is 36.1 Å². The second-order valence-corrected chi connectivity index (χ2v) is 11.4. The number of hydrogen-bond acceptors (Lipinski definition) is 8. The van der Waals surface area contributed by atoms with Gasteiger partial charge in [-0.25, -0.2) is 4.68 Å². The van der Waals surface area contributed by atoms with E-state index in [4.69, 9.17) is 9.47 Å². The molecule has 1 spiro atoms. The SMILES string of the molecule is O=C1CC2(CCN(Cc3ccccc3)CC2)NC(=O)COCCOCCNC(=O)[C@@H](Cc2cn(Cc3ccccc3)nn2)N1. The van der Waals surface area contributed by atoms with E-state index in [1.807, 2.05) is 48.5 Å². The summed E-state index contributed by atoms with van der Waals surface area (Å²) in [6, 6.07) is 19.3. The molecule has 1 aromatic heterocycles. The largest absolute Gasteiger partial charge is 0.377 e. The van der Waals surface area contributed by atoms with Crippen molar-refractivity contribution in [1.29, 1.82) is 0 Å². The minimum atomic E-state index is -0.869. The molecule has 3 N–H and O–H groups in total. The van der Waals surface area contributed by atoms with Gasteiger partial charge in [-0.3, -0.25) is 19.3 Å². The normalized spacial score (nSPS) is 20.9. The van der Waals surface area contributed by atoms with Crippen LogP contribution in [-0.4, -0.2) is 95.3 Å². The standard InChI is InChI=1S/C32H41N7O5/c40-29-20-32(11-14-38(15-12-32)21-25-7-3-1-4-8-25)35-30(41)24-44-18-17-43-16-13-33-31(42)28(34-29)19-27-23-39(37-36-27)22-26-9-5-2-6-10-26/h1-10,23,28H,11-22,24H2,(H,33,42)(H,34,40)(H,35,41)/t28-/m1/s1. The third-order valence-electron chi connectivity index (χ3n) is 7.95. The highest BCUT2D eigenvalue weighted by atomic mass is 16.5. The van der Waals surface area contributed by atoms with E-state index >= 15 is 0 Å². The van der Waals surface area contributed by atoms with Crippen LogP contribution < -0.4 is 16.0 Å². The van der Waals surface area contributed by atoms with Crippen LogP contribution in [0, 0.1) is 0 Å². The highest BCUT2D eigenvalue weighted by Gasteiger charge is 2.39. The van der Waals surface area contributed by atoms with Crippen LogP contribution in [0.3, 0.4) is 0 Å². The van der Waals surface area contributed by atoms with Crippen LogP contribution in [0.15, 0.2) is 66.9 Å². The van der Waals surface area contributed by atoms with Gasteiger partial charge in [-0.15, -0.1) is 5.10 Å². The summed E-state index contributed by atoms with van der Waals surface area (Å²) in [7, 11) is 0. The molecule has 2 aliphatic rings. The van der Waals surface area contributed by atoms with E-state index in [2.05, 4.69) is 43.3 Å². The Morgan fingerprint density at radius 1 is 0.841 bits per heavy atom. The number of aromatic nitrogens is 3. The van der Waals surface area contributed by atoms with Crippen molar-refractivity contribution in [2.45, 2.75) is 50.4 Å². The van der Waals surface area contributed by atoms with Crippen molar-refractivity contribution in [1.82, 2.24) is 35.8 Å². The molecule has 0 bridgehead atoms. The van der Waals surface area contributed by atoms with Crippen molar-refractivity contribution in [2.75, 3.05) is 46.1 Å². The van der Waals surface area contributed by atoms with Crippen molar-refractivity contribution in [3.05, 3.63) is 83.7 Å². The first-order valence-corrected chi connectivity index (χ1v) is 15.2. The van der Waals surface area contributed by atoms with Gasteiger partial charge in [0, 0.05) is 45.2 Å². The number of carbonyl (C=O) groups is 3. The number of piperidine rings is 1. The number of hydrogen-bond donors (Lipinski definition) is 3. The lowest BCUT2D eigenvalue weighted by atomic mass is 9.83. The van der Waals surface area contributed by atoms with Crippen molar-refractivity contribution >= 4 is 17.7 Å². The summed E-state index contributed by atoms with van der Waals surface area (Å²) in [5.74, 6) is -0.924. The Morgan fingerprint density at radius 3 is 2.25 bits per heavy atom. The summed E-state index contributed by atoms with van der Waals surface area (Å²) < 4.78 is 12.7. The lowest BCUT2D eigenvalue weighted by molar-refractivity contribution is -0.133. The molecule has 2 fully saturated rings. The van der Waals surface area contributed by atoms with Crippen LogP contribution >= 0.6 is 0 Å². The number of benzene rings is 2. The van der Waals surface area contributed by atoms with Crippen LogP contribution in [0.25, 0.3) is 0 Å². The Kier molecular flexibility index (Phi) is 11.1. The number of rotatable bonds is 6. The summed E-state index contributed by atoms with van der Waals surface area (Å²) in [4.78, 5) is 42.1. The number of carbonyl (C=O) groups excluding carboxylic acids is 3. The zero-order valence-electron chi connectivity index (χ0n) is 25.0. The van der Waals surface area contributed by atoms with Crippen molar-refractivity contribution < 1.29 is 23.9 Å². The quantitative estimate of drug-likeness (QED) is 0.380. The summed E-state index contributed by atoms with van der Waals surface area (Å²) in [5, 5.41) is 17.4. The van der Waals surface area contributed by atoms with Gasteiger partial charge in [0.2, 0.25) is 17.7 Å².